The zero-order valence-electron chi connectivity index (χ0n) is 23.4. The van der Waals surface area contributed by atoms with Crippen LogP contribution in [0.5, 0.6) is 0 Å². The summed E-state index contributed by atoms with van der Waals surface area (Å²) in [5, 5.41) is 10.9. The number of anilines is 1. The highest BCUT2D eigenvalue weighted by atomic mass is 16.2. The van der Waals surface area contributed by atoms with Gasteiger partial charge >= 0.3 is 0 Å². The third kappa shape index (κ3) is 6.78. The molecule has 0 unspecified atom stereocenters. The number of nitrogens with two attached hydrogens (primary N) is 1. The lowest BCUT2D eigenvalue weighted by atomic mass is 9.84. The SMILES string of the molecule is N=N/C(=N\N)NC(=O)c1ccc(CN(C(=O)/C=C/c2cccc3ccccc23)c2ccc(C3CCCCC3)cc2)cc1. The lowest BCUT2D eigenvalue weighted by Gasteiger charge is -2.25. The minimum atomic E-state index is -0.481. The van der Waals surface area contributed by atoms with Crippen molar-refractivity contribution in [3.05, 3.63) is 119 Å². The monoisotopic (exact) mass is 558 g/mol. The Morgan fingerprint density at radius 2 is 1.62 bits per heavy atom. The molecule has 0 atom stereocenters. The molecule has 4 N–H and O–H groups in total. The standard InChI is InChI=1S/C34H34N6O2/c35-38-34(39-36)37-33(42)29-15-13-24(14-16-29)23-40(30-20-17-26(18-21-30)25-7-2-1-3-8-25)32(41)22-19-28-11-6-10-27-9-4-5-12-31(27)28/h4-6,9-22,25,35H,1-3,7-8,23,36H2,(H,37,39,42)/b22-19+,38-35?. The molecule has 1 aliphatic rings. The van der Waals surface area contributed by atoms with Crippen molar-refractivity contribution in [3.63, 3.8) is 0 Å². The van der Waals surface area contributed by atoms with Crippen LogP contribution in [0.4, 0.5) is 5.69 Å². The van der Waals surface area contributed by atoms with E-state index >= 15 is 0 Å². The molecule has 2 amide bonds. The van der Waals surface area contributed by atoms with Crippen LogP contribution in [0.1, 0.15) is 65.1 Å². The highest BCUT2D eigenvalue weighted by Gasteiger charge is 2.18. The molecule has 0 aliphatic heterocycles. The maximum atomic E-state index is 13.7. The number of nitrogens with zero attached hydrogens (tertiary/aromatic N) is 3. The van der Waals surface area contributed by atoms with Gasteiger partial charge in [0.05, 0.1) is 6.54 Å². The number of guanidine groups is 1. The zero-order valence-corrected chi connectivity index (χ0v) is 23.4. The molecule has 1 aliphatic carbocycles. The third-order valence-corrected chi connectivity index (χ3v) is 7.79. The molecule has 0 radical (unpaired) electrons. The Hall–Kier alpha value is -5.11. The van der Waals surface area contributed by atoms with Crippen LogP contribution in [0.15, 0.2) is 107 Å². The van der Waals surface area contributed by atoms with Gasteiger partial charge in [-0.15, -0.1) is 10.2 Å². The summed E-state index contributed by atoms with van der Waals surface area (Å²) in [6, 6.07) is 29.5. The quantitative estimate of drug-likeness (QED) is 0.0558. The first-order valence-corrected chi connectivity index (χ1v) is 14.2. The second-order valence-electron chi connectivity index (χ2n) is 10.5. The Morgan fingerprint density at radius 3 is 2.33 bits per heavy atom. The Kier molecular flexibility index (Phi) is 9.13. The summed E-state index contributed by atoms with van der Waals surface area (Å²) in [5.41, 5.74) is 11.3. The van der Waals surface area contributed by atoms with E-state index in [2.05, 4.69) is 45.9 Å². The summed E-state index contributed by atoms with van der Waals surface area (Å²) in [6.07, 6.45) is 9.76. The predicted molar refractivity (Wildman–Crippen MR) is 167 cm³/mol. The topological polar surface area (TPSA) is 124 Å². The average molecular weight is 559 g/mol. The molecule has 0 saturated heterocycles. The fourth-order valence-corrected chi connectivity index (χ4v) is 5.51. The first-order chi connectivity index (χ1) is 20.6. The summed E-state index contributed by atoms with van der Waals surface area (Å²) in [5.74, 6) is 4.80. The molecule has 5 rings (SSSR count). The smallest absolute Gasteiger partial charge is 0.265 e. The highest BCUT2D eigenvalue weighted by Crippen LogP contribution is 2.33. The van der Waals surface area contributed by atoms with Gasteiger partial charge in [0.15, 0.2) is 0 Å². The van der Waals surface area contributed by atoms with Crippen LogP contribution in [0.2, 0.25) is 0 Å². The van der Waals surface area contributed by atoms with E-state index < -0.39 is 5.91 Å². The van der Waals surface area contributed by atoms with Gasteiger partial charge < -0.3 is 10.7 Å². The van der Waals surface area contributed by atoms with E-state index in [1.807, 2.05) is 42.5 Å². The minimum absolute atomic E-state index is 0.143. The second-order valence-corrected chi connectivity index (χ2v) is 10.5. The molecular weight excluding hydrogens is 524 g/mol. The van der Waals surface area contributed by atoms with Gasteiger partial charge in [0.25, 0.3) is 17.8 Å². The molecule has 8 heteroatoms. The van der Waals surface area contributed by atoms with Crippen molar-refractivity contribution in [3.8, 4) is 0 Å². The van der Waals surface area contributed by atoms with Crippen LogP contribution < -0.4 is 16.1 Å². The number of rotatable bonds is 7. The number of fused-ring (bicyclic) bond motifs is 1. The largest absolute Gasteiger partial charge is 0.320 e. The van der Waals surface area contributed by atoms with Crippen LogP contribution in [0, 0.1) is 5.53 Å². The maximum absolute atomic E-state index is 13.7. The number of carbonyl (C=O) groups is 2. The first-order valence-electron chi connectivity index (χ1n) is 14.2. The Bertz CT molecular complexity index is 1620. The van der Waals surface area contributed by atoms with E-state index in [1.165, 1.54) is 37.7 Å². The summed E-state index contributed by atoms with van der Waals surface area (Å²) in [6.45, 7) is 0.320. The van der Waals surface area contributed by atoms with Gasteiger partial charge in [-0.3, -0.25) is 14.9 Å². The van der Waals surface area contributed by atoms with Gasteiger partial charge in [-0.05, 0) is 76.6 Å². The van der Waals surface area contributed by atoms with Crippen molar-refractivity contribution >= 4 is 40.3 Å². The van der Waals surface area contributed by atoms with Gasteiger partial charge in [0.1, 0.15) is 0 Å². The fourth-order valence-electron chi connectivity index (χ4n) is 5.51. The fraction of sp³-hybridized carbons (Fsp3) is 0.206. The molecular formula is C34H34N6O2. The Balaban J connectivity index is 1.40. The second kappa shape index (κ2) is 13.5. The molecule has 0 spiro atoms. The van der Waals surface area contributed by atoms with E-state index in [0.717, 1.165) is 27.6 Å². The van der Waals surface area contributed by atoms with E-state index in [-0.39, 0.29) is 11.9 Å². The summed E-state index contributed by atoms with van der Waals surface area (Å²) in [7, 11) is 0. The Labute approximate surface area is 245 Å². The summed E-state index contributed by atoms with van der Waals surface area (Å²) >= 11 is 0. The van der Waals surface area contributed by atoms with Gasteiger partial charge in [0.2, 0.25) is 0 Å². The van der Waals surface area contributed by atoms with E-state index in [1.54, 1.807) is 35.2 Å². The van der Waals surface area contributed by atoms with Crippen molar-refractivity contribution in [1.82, 2.24) is 5.32 Å². The number of hydrogen-bond donors (Lipinski definition) is 3. The average Bonchev–Trinajstić information content (AvgIpc) is 3.05. The summed E-state index contributed by atoms with van der Waals surface area (Å²) < 4.78 is 0. The summed E-state index contributed by atoms with van der Waals surface area (Å²) in [4.78, 5) is 27.9. The number of amides is 2. The van der Waals surface area contributed by atoms with E-state index in [9.17, 15) is 9.59 Å². The molecule has 4 aromatic carbocycles. The molecule has 0 heterocycles. The minimum Gasteiger partial charge on any atom is -0.320 e. The number of carbonyl (C=O) groups excluding carboxylic acids is 2. The van der Waals surface area contributed by atoms with Crippen LogP contribution in [-0.2, 0) is 11.3 Å². The molecule has 0 aromatic heterocycles. The third-order valence-electron chi connectivity index (χ3n) is 7.79. The van der Waals surface area contributed by atoms with Crippen molar-refractivity contribution < 1.29 is 9.59 Å². The van der Waals surface area contributed by atoms with E-state index in [4.69, 9.17) is 11.4 Å². The van der Waals surface area contributed by atoms with Crippen LogP contribution in [-0.4, -0.2) is 17.8 Å². The van der Waals surface area contributed by atoms with E-state index in [0.29, 0.717) is 18.0 Å². The molecule has 212 valence electrons. The molecule has 1 fully saturated rings. The van der Waals surface area contributed by atoms with Crippen molar-refractivity contribution in [2.24, 2.45) is 16.1 Å². The number of hydrogen-bond acceptors (Lipinski definition) is 5. The van der Waals surface area contributed by atoms with Crippen LogP contribution in [0.25, 0.3) is 16.8 Å². The van der Waals surface area contributed by atoms with Crippen molar-refractivity contribution in [2.45, 2.75) is 44.6 Å². The van der Waals surface area contributed by atoms with Crippen molar-refractivity contribution in [2.75, 3.05) is 4.90 Å². The maximum Gasteiger partial charge on any atom is 0.265 e. The predicted octanol–water partition coefficient (Wildman–Crippen LogP) is 7.12. The van der Waals surface area contributed by atoms with Crippen LogP contribution in [0.3, 0.4) is 0 Å². The lowest BCUT2D eigenvalue weighted by molar-refractivity contribution is -0.114. The Morgan fingerprint density at radius 1 is 0.905 bits per heavy atom. The highest BCUT2D eigenvalue weighted by molar-refractivity contribution is 6.06. The molecule has 1 saturated carbocycles. The molecule has 0 bridgehead atoms. The van der Waals surface area contributed by atoms with Gasteiger partial charge in [-0.2, -0.15) is 0 Å². The van der Waals surface area contributed by atoms with Crippen LogP contribution >= 0.6 is 0 Å². The molecule has 4 aromatic rings. The lowest BCUT2D eigenvalue weighted by Crippen LogP contribution is -2.30. The van der Waals surface area contributed by atoms with Gasteiger partial charge in [-0.1, -0.05) is 86.0 Å². The van der Waals surface area contributed by atoms with Crippen molar-refractivity contribution in [1.29, 1.82) is 5.53 Å². The first kappa shape index (κ1) is 28.4. The number of nitrogens with one attached hydrogen (secondary N) is 2. The van der Waals surface area contributed by atoms with Gasteiger partial charge in [0, 0.05) is 17.3 Å². The number of benzene rings is 4. The number of hydrazone groups is 1. The molecule has 42 heavy (non-hydrogen) atoms. The van der Waals surface area contributed by atoms with Gasteiger partial charge in [-0.25, -0.2) is 5.53 Å². The molecule has 8 nitrogen and oxygen atoms in total. The normalized spacial score (nSPS) is 14.1. The zero-order chi connectivity index (χ0) is 29.3.